The van der Waals surface area contributed by atoms with Gasteiger partial charge in [0.2, 0.25) is 0 Å². The largest absolute Gasteiger partial charge is 0.497 e. The number of ether oxygens (including phenoxy) is 1. The fourth-order valence-corrected chi connectivity index (χ4v) is 2.11. The van der Waals surface area contributed by atoms with Gasteiger partial charge in [-0.05, 0) is 24.6 Å². The number of nitrogens with zero attached hydrogens (tertiary/aromatic N) is 1. The highest BCUT2D eigenvalue weighted by molar-refractivity contribution is 6.08. The summed E-state index contributed by atoms with van der Waals surface area (Å²) in [7, 11) is 1.49. The Labute approximate surface area is 115 Å². The van der Waals surface area contributed by atoms with Crippen LogP contribution in [0.15, 0.2) is 24.3 Å². The van der Waals surface area contributed by atoms with Crippen molar-refractivity contribution in [2.75, 3.05) is 13.7 Å². The minimum atomic E-state index is -1.29. The maximum absolute atomic E-state index is 12.3. The van der Waals surface area contributed by atoms with E-state index in [1.165, 1.54) is 14.0 Å². The summed E-state index contributed by atoms with van der Waals surface area (Å²) in [4.78, 5) is 35.5. The quantitative estimate of drug-likeness (QED) is 0.784. The van der Waals surface area contributed by atoms with Gasteiger partial charge in [-0.25, -0.2) is 4.79 Å². The topological polar surface area (TPSA) is 95.9 Å². The maximum Gasteiger partial charge on any atom is 0.325 e. The molecule has 7 nitrogen and oxygen atoms in total. The van der Waals surface area contributed by atoms with Gasteiger partial charge >= 0.3 is 12.0 Å². The molecule has 20 heavy (non-hydrogen) atoms. The SMILES string of the molecule is COc1cccc([C@@]2(C)NC(=O)N(CC(=O)O)C2=O)c1. The van der Waals surface area contributed by atoms with E-state index in [9.17, 15) is 14.4 Å². The van der Waals surface area contributed by atoms with E-state index in [2.05, 4.69) is 5.32 Å². The molecule has 0 saturated carbocycles. The number of benzene rings is 1. The first-order chi connectivity index (χ1) is 9.38. The fourth-order valence-electron chi connectivity index (χ4n) is 2.11. The van der Waals surface area contributed by atoms with E-state index in [0.717, 1.165) is 0 Å². The van der Waals surface area contributed by atoms with Crippen LogP contribution in [0.4, 0.5) is 4.79 Å². The molecule has 2 rings (SSSR count). The first kappa shape index (κ1) is 13.9. The van der Waals surface area contributed by atoms with Crippen molar-refractivity contribution in [1.29, 1.82) is 0 Å². The standard InChI is InChI=1S/C13H14N2O5/c1-13(8-4-3-5-9(6-8)20-2)11(18)15(7-10(16)17)12(19)14-13/h3-6H,7H2,1-2H3,(H,14,19)(H,16,17)/t13-/m1/s1. The summed E-state index contributed by atoms with van der Waals surface area (Å²) >= 11 is 0. The molecule has 1 aliphatic rings. The van der Waals surface area contributed by atoms with Crippen molar-refractivity contribution in [1.82, 2.24) is 10.2 Å². The molecule has 1 aliphatic heterocycles. The number of carbonyl (C=O) groups excluding carboxylic acids is 2. The molecule has 0 spiro atoms. The maximum atomic E-state index is 12.3. The zero-order chi connectivity index (χ0) is 14.9. The fraction of sp³-hybridized carbons (Fsp3) is 0.308. The van der Waals surface area contributed by atoms with Crippen molar-refractivity contribution in [3.05, 3.63) is 29.8 Å². The molecule has 0 unspecified atom stereocenters. The lowest BCUT2D eigenvalue weighted by molar-refractivity contribution is -0.142. The summed E-state index contributed by atoms with van der Waals surface area (Å²) in [5.74, 6) is -1.30. The summed E-state index contributed by atoms with van der Waals surface area (Å²) in [5, 5.41) is 11.3. The molecule has 7 heteroatoms. The Kier molecular flexibility index (Phi) is 3.35. The minimum absolute atomic E-state index is 0.531. The number of hydrogen-bond donors (Lipinski definition) is 2. The number of amides is 3. The van der Waals surface area contributed by atoms with Crippen molar-refractivity contribution in [2.24, 2.45) is 0 Å². The van der Waals surface area contributed by atoms with Gasteiger partial charge in [0, 0.05) is 0 Å². The number of carboxylic acid groups (broad SMARTS) is 1. The van der Waals surface area contributed by atoms with Gasteiger partial charge in [0.15, 0.2) is 0 Å². The normalized spacial score (nSPS) is 21.8. The third-order valence-corrected chi connectivity index (χ3v) is 3.22. The molecule has 1 saturated heterocycles. The smallest absolute Gasteiger partial charge is 0.325 e. The number of aliphatic carboxylic acids is 1. The van der Waals surface area contributed by atoms with Crippen LogP contribution in [0.3, 0.4) is 0 Å². The first-order valence-corrected chi connectivity index (χ1v) is 5.89. The van der Waals surface area contributed by atoms with Crippen molar-refractivity contribution >= 4 is 17.9 Å². The van der Waals surface area contributed by atoms with Gasteiger partial charge in [-0.3, -0.25) is 14.5 Å². The van der Waals surface area contributed by atoms with Crippen LogP contribution in [0, 0.1) is 0 Å². The molecule has 2 N–H and O–H groups in total. The Morgan fingerprint density at radius 1 is 1.45 bits per heavy atom. The molecule has 0 bridgehead atoms. The Bertz CT molecular complexity index is 586. The average Bonchev–Trinajstić information content (AvgIpc) is 2.63. The van der Waals surface area contributed by atoms with Crippen molar-refractivity contribution in [2.45, 2.75) is 12.5 Å². The molecular weight excluding hydrogens is 264 g/mol. The first-order valence-electron chi connectivity index (χ1n) is 5.89. The van der Waals surface area contributed by atoms with Gasteiger partial charge in [-0.15, -0.1) is 0 Å². The predicted octanol–water partition coefficient (Wildman–Crippen LogP) is 0.547. The number of carbonyl (C=O) groups is 3. The van der Waals surface area contributed by atoms with Crippen LogP contribution in [-0.4, -0.2) is 41.6 Å². The van der Waals surface area contributed by atoms with Gasteiger partial charge in [-0.2, -0.15) is 0 Å². The van der Waals surface area contributed by atoms with Crippen LogP contribution < -0.4 is 10.1 Å². The van der Waals surface area contributed by atoms with Crippen LogP contribution in [0.1, 0.15) is 12.5 Å². The van der Waals surface area contributed by atoms with E-state index in [1.54, 1.807) is 24.3 Å². The van der Waals surface area contributed by atoms with Gasteiger partial charge < -0.3 is 15.2 Å². The second-order valence-corrected chi connectivity index (χ2v) is 4.57. The Hall–Kier alpha value is -2.57. The second-order valence-electron chi connectivity index (χ2n) is 4.57. The highest BCUT2D eigenvalue weighted by atomic mass is 16.5. The highest BCUT2D eigenvalue weighted by Gasteiger charge is 2.49. The molecular formula is C13H14N2O5. The number of nitrogens with one attached hydrogen (secondary N) is 1. The number of rotatable bonds is 4. The third kappa shape index (κ3) is 2.18. The number of carboxylic acids is 1. The van der Waals surface area contributed by atoms with Crippen LogP contribution in [0.2, 0.25) is 0 Å². The van der Waals surface area contributed by atoms with Crippen LogP contribution in [-0.2, 0) is 15.1 Å². The van der Waals surface area contributed by atoms with Crippen LogP contribution in [0.5, 0.6) is 5.75 Å². The molecule has 1 heterocycles. The zero-order valence-corrected chi connectivity index (χ0v) is 11.0. The Morgan fingerprint density at radius 2 is 2.15 bits per heavy atom. The summed E-state index contributed by atoms with van der Waals surface area (Å²) in [5.41, 5.74) is -0.760. The van der Waals surface area contributed by atoms with E-state index >= 15 is 0 Å². The van der Waals surface area contributed by atoms with Crippen LogP contribution in [0.25, 0.3) is 0 Å². The number of methoxy groups -OCH3 is 1. The Morgan fingerprint density at radius 3 is 2.75 bits per heavy atom. The van der Waals surface area contributed by atoms with E-state index in [-0.39, 0.29) is 0 Å². The van der Waals surface area contributed by atoms with Crippen molar-refractivity contribution < 1.29 is 24.2 Å². The molecule has 3 amide bonds. The summed E-state index contributed by atoms with van der Waals surface area (Å²) in [6, 6.07) is 5.98. The zero-order valence-electron chi connectivity index (χ0n) is 11.0. The van der Waals surface area contributed by atoms with Crippen molar-refractivity contribution in [3.63, 3.8) is 0 Å². The van der Waals surface area contributed by atoms with Gasteiger partial charge in [-0.1, -0.05) is 12.1 Å². The lowest BCUT2D eigenvalue weighted by Gasteiger charge is -2.22. The molecule has 1 aromatic carbocycles. The molecule has 1 aromatic rings. The lowest BCUT2D eigenvalue weighted by Crippen LogP contribution is -2.41. The predicted molar refractivity (Wildman–Crippen MR) is 68.2 cm³/mol. The van der Waals surface area contributed by atoms with E-state index in [1.807, 2.05) is 0 Å². The third-order valence-electron chi connectivity index (χ3n) is 3.22. The molecule has 0 radical (unpaired) electrons. The molecule has 1 fully saturated rings. The van der Waals surface area contributed by atoms with Gasteiger partial charge in [0.05, 0.1) is 7.11 Å². The van der Waals surface area contributed by atoms with E-state index < -0.39 is 30.0 Å². The Balaban J connectivity index is 2.37. The number of imide groups is 1. The molecule has 0 aliphatic carbocycles. The van der Waals surface area contributed by atoms with E-state index in [0.29, 0.717) is 16.2 Å². The average molecular weight is 278 g/mol. The summed E-state index contributed by atoms with van der Waals surface area (Å²) in [6.45, 7) is 0.869. The van der Waals surface area contributed by atoms with Gasteiger partial charge in [0.25, 0.3) is 5.91 Å². The number of hydrogen-bond acceptors (Lipinski definition) is 4. The monoisotopic (exact) mass is 278 g/mol. The lowest BCUT2D eigenvalue weighted by atomic mass is 9.92. The van der Waals surface area contributed by atoms with Crippen LogP contribution >= 0.6 is 0 Å². The molecule has 106 valence electrons. The molecule has 1 atom stereocenters. The number of urea groups is 1. The molecule has 0 aromatic heterocycles. The summed E-state index contributed by atoms with van der Waals surface area (Å²) < 4.78 is 5.08. The van der Waals surface area contributed by atoms with E-state index in [4.69, 9.17) is 9.84 Å². The summed E-state index contributed by atoms with van der Waals surface area (Å²) in [6.07, 6.45) is 0. The van der Waals surface area contributed by atoms with Crippen molar-refractivity contribution in [3.8, 4) is 5.75 Å². The van der Waals surface area contributed by atoms with Gasteiger partial charge in [0.1, 0.15) is 17.8 Å². The minimum Gasteiger partial charge on any atom is -0.497 e. The highest BCUT2D eigenvalue weighted by Crippen LogP contribution is 2.30. The second kappa shape index (κ2) is 4.84.